The van der Waals surface area contributed by atoms with Crippen molar-refractivity contribution in [3.63, 3.8) is 0 Å². The number of carbonyl (C=O) groups excluding carboxylic acids is 1. The van der Waals surface area contributed by atoms with E-state index >= 15 is 0 Å². The Bertz CT molecular complexity index is 504. The highest BCUT2D eigenvalue weighted by atomic mass is 35.5. The monoisotopic (exact) mass is 339 g/mol. The van der Waals surface area contributed by atoms with Crippen molar-refractivity contribution in [3.05, 3.63) is 34.9 Å². The summed E-state index contributed by atoms with van der Waals surface area (Å²) in [6, 6.07) is 7.85. The zero-order valence-corrected chi connectivity index (χ0v) is 14.2. The van der Waals surface area contributed by atoms with Gasteiger partial charge in [-0.25, -0.2) is 0 Å². The number of β-amino-alcohol motifs (C(OH)–C–C–N with tert-alkyl or cyclic N) is 1. The maximum absolute atomic E-state index is 10.9. The molecule has 0 saturated carbocycles. The lowest BCUT2D eigenvalue weighted by Gasteiger charge is -2.35. The van der Waals surface area contributed by atoms with Crippen molar-refractivity contribution in [2.75, 3.05) is 39.3 Å². The fourth-order valence-electron chi connectivity index (χ4n) is 2.97. The first-order valence-corrected chi connectivity index (χ1v) is 8.57. The van der Waals surface area contributed by atoms with Crippen LogP contribution in [0.25, 0.3) is 0 Å². The standard InChI is InChI=1S/C17H26ClN3O2/c18-16-7-2-1-4-14(16)5-3-6-15(22)12-20-8-10-21(11-9-20)13-17(19)23/h1-2,4,7,15,22H,3,5-6,8-13H2,(H2,19,23). The van der Waals surface area contributed by atoms with Crippen LogP contribution in [-0.2, 0) is 11.2 Å². The molecule has 6 heteroatoms. The molecular weight excluding hydrogens is 314 g/mol. The Labute approximate surface area is 143 Å². The van der Waals surface area contributed by atoms with E-state index in [1.165, 1.54) is 0 Å². The third-order valence-corrected chi connectivity index (χ3v) is 4.62. The summed E-state index contributed by atoms with van der Waals surface area (Å²) >= 11 is 6.14. The summed E-state index contributed by atoms with van der Waals surface area (Å²) < 4.78 is 0. The van der Waals surface area contributed by atoms with Gasteiger partial charge in [-0.05, 0) is 30.9 Å². The van der Waals surface area contributed by atoms with Crippen LogP contribution < -0.4 is 5.73 Å². The number of primary amides is 1. The van der Waals surface area contributed by atoms with E-state index in [0.29, 0.717) is 13.1 Å². The van der Waals surface area contributed by atoms with Crippen LogP contribution in [0.3, 0.4) is 0 Å². The first-order chi connectivity index (χ1) is 11.0. The fraction of sp³-hybridized carbons (Fsp3) is 0.588. The molecule has 0 bridgehead atoms. The maximum atomic E-state index is 10.9. The molecule has 1 atom stereocenters. The number of nitrogens with two attached hydrogens (primary N) is 1. The Hall–Kier alpha value is -1.14. The molecule has 23 heavy (non-hydrogen) atoms. The van der Waals surface area contributed by atoms with Gasteiger partial charge in [-0.3, -0.25) is 14.6 Å². The molecule has 0 radical (unpaired) electrons. The van der Waals surface area contributed by atoms with Gasteiger partial charge in [0, 0.05) is 37.7 Å². The first-order valence-electron chi connectivity index (χ1n) is 8.19. The second-order valence-corrected chi connectivity index (χ2v) is 6.59. The average Bonchev–Trinajstić information content (AvgIpc) is 2.51. The number of rotatable bonds is 8. The molecule has 1 aromatic carbocycles. The lowest BCUT2D eigenvalue weighted by atomic mass is 10.1. The largest absolute Gasteiger partial charge is 0.392 e. The summed E-state index contributed by atoms with van der Waals surface area (Å²) in [5.74, 6) is -0.280. The van der Waals surface area contributed by atoms with Crippen molar-refractivity contribution in [1.29, 1.82) is 0 Å². The van der Waals surface area contributed by atoms with Crippen LogP contribution in [0, 0.1) is 0 Å². The Balaban J connectivity index is 1.63. The van der Waals surface area contributed by atoms with Crippen molar-refractivity contribution >= 4 is 17.5 Å². The molecule has 1 fully saturated rings. The summed E-state index contributed by atoms with van der Waals surface area (Å²) in [7, 11) is 0. The molecule has 1 aliphatic heterocycles. The van der Waals surface area contributed by atoms with Crippen molar-refractivity contribution in [2.45, 2.75) is 25.4 Å². The van der Waals surface area contributed by atoms with E-state index in [9.17, 15) is 9.90 Å². The fourth-order valence-corrected chi connectivity index (χ4v) is 3.20. The maximum Gasteiger partial charge on any atom is 0.231 e. The van der Waals surface area contributed by atoms with Crippen molar-refractivity contribution in [2.24, 2.45) is 5.73 Å². The molecule has 5 nitrogen and oxygen atoms in total. The smallest absolute Gasteiger partial charge is 0.231 e. The average molecular weight is 340 g/mol. The van der Waals surface area contributed by atoms with Crippen LogP contribution >= 0.6 is 11.6 Å². The van der Waals surface area contributed by atoms with Crippen molar-refractivity contribution < 1.29 is 9.90 Å². The van der Waals surface area contributed by atoms with Crippen LogP contribution in [0.4, 0.5) is 0 Å². The van der Waals surface area contributed by atoms with Gasteiger partial charge < -0.3 is 10.8 Å². The second-order valence-electron chi connectivity index (χ2n) is 6.18. The highest BCUT2D eigenvalue weighted by molar-refractivity contribution is 6.31. The number of aliphatic hydroxyl groups excluding tert-OH is 1. The highest BCUT2D eigenvalue weighted by Gasteiger charge is 2.19. The molecule has 1 saturated heterocycles. The molecule has 1 aromatic rings. The minimum atomic E-state index is -0.319. The number of carbonyl (C=O) groups is 1. The minimum absolute atomic E-state index is 0.280. The number of aliphatic hydroxyl groups is 1. The summed E-state index contributed by atoms with van der Waals surface area (Å²) in [5.41, 5.74) is 6.35. The third kappa shape index (κ3) is 6.47. The normalized spacial score (nSPS) is 18.0. The summed E-state index contributed by atoms with van der Waals surface area (Å²) in [5, 5.41) is 11.0. The number of amides is 1. The van der Waals surface area contributed by atoms with Gasteiger partial charge >= 0.3 is 0 Å². The van der Waals surface area contributed by atoms with Crippen molar-refractivity contribution in [3.8, 4) is 0 Å². The Morgan fingerprint density at radius 1 is 1.22 bits per heavy atom. The quantitative estimate of drug-likeness (QED) is 0.745. The zero-order chi connectivity index (χ0) is 16.7. The third-order valence-electron chi connectivity index (χ3n) is 4.25. The molecule has 1 aliphatic rings. The van der Waals surface area contributed by atoms with Gasteiger partial charge in [0.2, 0.25) is 5.91 Å². The second kappa shape index (κ2) is 9.23. The topological polar surface area (TPSA) is 69.8 Å². The number of hydrogen-bond acceptors (Lipinski definition) is 4. The van der Waals surface area contributed by atoms with E-state index in [2.05, 4.69) is 9.80 Å². The highest BCUT2D eigenvalue weighted by Crippen LogP contribution is 2.17. The number of benzene rings is 1. The predicted octanol–water partition coefficient (Wildman–Crippen LogP) is 1.13. The van der Waals surface area contributed by atoms with E-state index in [0.717, 1.165) is 56.0 Å². The van der Waals surface area contributed by atoms with Gasteiger partial charge in [-0.1, -0.05) is 29.8 Å². The van der Waals surface area contributed by atoms with Gasteiger partial charge in [0.1, 0.15) is 0 Å². The lowest BCUT2D eigenvalue weighted by molar-refractivity contribution is -0.119. The first kappa shape index (κ1) is 18.2. The van der Waals surface area contributed by atoms with Gasteiger partial charge in [0.05, 0.1) is 12.6 Å². The molecule has 0 spiro atoms. The van der Waals surface area contributed by atoms with Gasteiger partial charge in [-0.2, -0.15) is 0 Å². The lowest BCUT2D eigenvalue weighted by Crippen LogP contribution is -2.50. The molecule has 1 amide bonds. The number of aryl methyl sites for hydroxylation is 1. The van der Waals surface area contributed by atoms with Crippen LogP contribution in [0.5, 0.6) is 0 Å². The molecule has 128 valence electrons. The Morgan fingerprint density at radius 2 is 1.87 bits per heavy atom. The molecule has 0 aliphatic carbocycles. The van der Waals surface area contributed by atoms with Crippen LogP contribution in [-0.4, -0.2) is 66.2 Å². The SMILES string of the molecule is NC(=O)CN1CCN(CC(O)CCCc2ccccc2Cl)CC1. The molecule has 2 rings (SSSR count). The number of nitrogens with zero attached hydrogens (tertiary/aromatic N) is 2. The van der Waals surface area contributed by atoms with E-state index in [-0.39, 0.29) is 12.0 Å². The van der Waals surface area contributed by atoms with Gasteiger partial charge in [-0.15, -0.1) is 0 Å². The van der Waals surface area contributed by atoms with Crippen molar-refractivity contribution in [1.82, 2.24) is 9.80 Å². The zero-order valence-electron chi connectivity index (χ0n) is 13.5. The van der Waals surface area contributed by atoms with Crippen LogP contribution in [0.2, 0.25) is 5.02 Å². The molecule has 1 unspecified atom stereocenters. The van der Waals surface area contributed by atoms with Gasteiger partial charge in [0.15, 0.2) is 0 Å². The van der Waals surface area contributed by atoms with Crippen LogP contribution in [0.1, 0.15) is 18.4 Å². The van der Waals surface area contributed by atoms with Crippen LogP contribution in [0.15, 0.2) is 24.3 Å². The van der Waals surface area contributed by atoms with E-state index in [1.54, 1.807) is 0 Å². The number of piperazine rings is 1. The summed E-state index contributed by atoms with van der Waals surface area (Å²) in [4.78, 5) is 15.2. The molecule has 3 N–H and O–H groups in total. The van der Waals surface area contributed by atoms with E-state index in [4.69, 9.17) is 17.3 Å². The summed E-state index contributed by atoms with van der Waals surface area (Å²) in [6.45, 7) is 4.41. The van der Waals surface area contributed by atoms with E-state index < -0.39 is 0 Å². The summed E-state index contributed by atoms with van der Waals surface area (Å²) in [6.07, 6.45) is 2.27. The molecular formula is C17H26ClN3O2. The molecule has 0 aromatic heterocycles. The predicted molar refractivity (Wildman–Crippen MR) is 92.5 cm³/mol. The molecule has 1 heterocycles. The van der Waals surface area contributed by atoms with E-state index in [1.807, 2.05) is 24.3 Å². The minimum Gasteiger partial charge on any atom is -0.392 e. The Kier molecular flexibility index (Phi) is 7.30. The number of hydrogen-bond donors (Lipinski definition) is 2. The Morgan fingerprint density at radius 3 is 2.52 bits per heavy atom. The van der Waals surface area contributed by atoms with Gasteiger partial charge in [0.25, 0.3) is 0 Å². The number of halogens is 1.